The number of hydrogen-bond donors (Lipinski definition) is 2. The van der Waals surface area contributed by atoms with Crippen LogP contribution >= 0.6 is 0 Å². The summed E-state index contributed by atoms with van der Waals surface area (Å²) in [7, 11) is 3.09. The van der Waals surface area contributed by atoms with Crippen LogP contribution in [-0.2, 0) is 14.3 Å². The van der Waals surface area contributed by atoms with Gasteiger partial charge in [0.25, 0.3) is 0 Å². The third-order valence-corrected chi connectivity index (χ3v) is 1.93. The monoisotopic (exact) mass is 218 g/mol. The molecule has 0 heterocycles. The number of amides is 1. The van der Waals surface area contributed by atoms with Gasteiger partial charge in [0.05, 0.1) is 12.6 Å². The van der Waals surface area contributed by atoms with E-state index in [-0.39, 0.29) is 11.9 Å². The van der Waals surface area contributed by atoms with E-state index < -0.39 is 6.29 Å². The minimum atomic E-state index is -0.409. The molecule has 0 saturated heterocycles. The van der Waals surface area contributed by atoms with Gasteiger partial charge in [-0.1, -0.05) is 13.8 Å². The first-order valence-corrected chi connectivity index (χ1v) is 5.09. The maximum absolute atomic E-state index is 11.4. The van der Waals surface area contributed by atoms with Gasteiger partial charge in [0, 0.05) is 20.3 Å². The van der Waals surface area contributed by atoms with Crippen LogP contribution in [0.2, 0.25) is 0 Å². The van der Waals surface area contributed by atoms with Crippen LogP contribution < -0.4 is 10.6 Å². The van der Waals surface area contributed by atoms with Crippen LogP contribution in [0.3, 0.4) is 0 Å². The molecule has 15 heavy (non-hydrogen) atoms. The summed E-state index contributed by atoms with van der Waals surface area (Å²) in [5, 5.41) is 5.82. The van der Waals surface area contributed by atoms with Crippen LogP contribution in [0.5, 0.6) is 0 Å². The van der Waals surface area contributed by atoms with Crippen molar-refractivity contribution in [3.05, 3.63) is 0 Å². The molecule has 1 amide bonds. The van der Waals surface area contributed by atoms with Crippen molar-refractivity contribution in [3.63, 3.8) is 0 Å². The quantitative estimate of drug-likeness (QED) is 0.595. The standard InChI is InChI=1S/C10H22N2O3/c1-7(2)11-6-9(13)12-8(3)10(14-4)15-5/h7-8,10-11H,6H2,1-5H3,(H,12,13). The molecule has 0 spiro atoms. The highest BCUT2D eigenvalue weighted by Gasteiger charge is 2.17. The molecule has 0 aliphatic rings. The number of methoxy groups -OCH3 is 2. The molecule has 1 atom stereocenters. The van der Waals surface area contributed by atoms with E-state index in [1.807, 2.05) is 20.8 Å². The molecule has 0 aromatic carbocycles. The number of ether oxygens (including phenoxy) is 2. The van der Waals surface area contributed by atoms with Crippen LogP contribution in [0.25, 0.3) is 0 Å². The van der Waals surface area contributed by atoms with Crippen molar-refractivity contribution < 1.29 is 14.3 Å². The molecule has 0 bridgehead atoms. The molecule has 2 N–H and O–H groups in total. The van der Waals surface area contributed by atoms with Gasteiger partial charge < -0.3 is 20.1 Å². The summed E-state index contributed by atoms with van der Waals surface area (Å²) in [5.74, 6) is -0.0599. The second kappa shape index (κ2) is 7.62. The lowest BCUT2D eigenvalue weighted by molar-refractivity contribution is -0.135. The summed E-state index contributed by atoms with van der Waals surface area (Å²) in [6, 6.07) is 0.133. The van der Waals surface area contributed by atoms with Crippen molar-refractivity contribution in [3.8, 4) is 0 Å². The van der Waals surface area contributed by atoms with Crippen LogP contribution in [0.1, 0.15) is 20.8 Å². The fourth-order valence-corrected chi connectivity index (χ4v) is 1.17. The molecule has 0 aromatic rings. The molecule has 5 nitrogen and oxygen atoms in total. The lowest BCUT2D eigenvalue weighted by atomic mass is 10.3. The van der Waals surface area contributed by atoms with E-state index in [2.05, 4.69) is 10.6 Å². The largest absolute Gasteiger partial charge is 0.354 e. The van der Waals surface area contributed by atoms with E-state index in [1.54, 1.807) is 14.2 Å². The number of rotatable bonds is 7. The normalized spacial score (nSPS) is 13.3. The zero-order valence-corrected chi connectivity index (χ0v) is 10.2. The van der Waals surface area contributed by atoms with Crippen molar-refractivity contribution in [2.45, 2.75) is 39.1 Å². The zero-order valence-electron chi connectivity index (χ0n) is 10.2. The summed E-state index contributed by atoms with van der Waals surface area (Å²) >= 11 is 0. The Bertz CT molecular complexity index is 182. The van der Waals surface area contributed by atoms with Gasteiger partial charge in [-0.2, -0.15) is 0 Å². The Morgan fingerprint density at radius 2 is 1.73 bits per heavy atom. The van der Waals surface area contributed by atoms with E-state index in [4.69, 9.17) is 9.47 Å². The van der Waals surface area contributed by atoms with Crippen LogP contribution in [0, 0.1) is 0 Å². The van der Waals surface area contributed by atoms with Gasteiger partial charge in [-0.05, 0) is 6.92 Å². The Hall–Kier alpha value is -0.650. The third kappa shape index (κ3) is 6.43. The maximum Gasteiger partial charge on any atom is 0.234 e. The highest BCUT2D eigenvalue weighted by molar-refractivity contribution is 5.78. The van der Waals surface area contributed by atoms with Gasteiger partial charge in [-0.25, -0.2) is 0 Å². The van der Waals surface area contributed by atoms with E-state index in [9.17, 15) is 4.79 Å². The average molecular weight is 218 g/mol. The lowest BCUT2D eigenvalue weighted by Crippen LogP contribution is -2.46. The number of hydrogen-bond acceptors (Lipinski definition) is 4. The van der Waals surface area contributed by atoms with Gasteiger partial charge in [0.1, 0.15) is 0 Å². The lowest BCUT2D eigenvalue weighted by Gasteiger charge is -2.22. The Balaban J connectivity index is 3.84. The molecular weight excluding hydrogens is 196 g/mol. The summed E-state index contributed by atoms with van der Waals surface area (Å²) < 4.78 is 10.1. The van der Waals surface area contributed by atoms with E-state index in [0.29, 0.717) is 12.6 Å². The maximum atomic E-state index is 11.4. The molecule has 0 aromatic heterocycles. The van der Waals surface area contributed by atoms with Gasteiger partial charge >= 0.3 is 0 Å². The molecule has 0 fully saturated rings. The van der Waals surface area contributed by atoms with E-state index >= 15 is 0 Å². The first-order valence-electron chi connectivity index (χ1n) is 5.09. The van der Waals surface area contributed by atoms with Crippen LogP contribution in [0.15, 0.2) is 0 Å². The van der Waals surface area contributed by atoms with Gasteiger partial charge in [-0.3, -0.25) is 4.79 Å². The molecule has 0 radical (unpaired) electrons. The Kier molecular flexibility index (Phi) is 7.29. The summed E-state index contributed by atoms with van der Waals surface area (Å²) in [6.45, 7) is 6.13. The van der Waals surface area contributed by atoms with Crippen LogP contribution in [-0.4, -0.2) is 45.0 Å². The predicted molar refractivity (Wildman–Crippen MR) is 58.5 cm³/mol. The minimum Gasteiger partial charge on any atom is -0.354 e. The number of carbonyl (C=O) groups is 1. The van der Waals surface area contributed by atoms with E-state index in [0.717, 1.165) is 0 Å². The Morgan fingerprint density at radius 1 is 1.20 bits per heavy atom. The zero-order chi connectivity index (χ0) is 11.8. The fraction of sp³-hybridized carbons (Fsp3) is 0.900. The van der Waals surface area contributed by atoms with Crippen molar-refractivity contribution in [2.24, 2.45) is 0 Å². The van der Waals surface area contributed by atoms with Crippen molar-refractivity contribution in [2.75, 3.05) is 20.8 Å². The van der Waals surface area contributed by atoms with Gasteiger partial charge in [-0.15, -0.1) is 0 Å². The molecular formula is C10H22N2O3. The second-order valence-electron chi connectivity index (χ2n) is 3.73. The number of nitrogens with one attached hydrogen (secondary N) is 2. The SMILES string of the molecule is COC(OC)C(C)NC(=O)CNC(C)C. The molecule has 0 saturated carbocycles. The smallest absolute Gasteiger partial charge is 0.234 e. The van der Waals surface area contributed by atoms with E-state index in [1.165, 1.54) is 0 Å². The first-order chi connectivity index (χ1) is 7.01. The Morgan fingerprint density at radius 3 is 2.13 bits per heavy atom. The first kappa shape index (κ1) is 14.3. The fourth-order valence-electron chi connectivity index (χ4n) is 1.17. The topological polar surface area (TPSA) is 59.6 Å². The highest BCUT2D eigenvalue weighted by atomic mass is 16.7. The van der Waals surface area contributed by atoms with Gasteiger partial charge in [0.15, 0.2) is 6.29 Å². The molecule has 0 rings (SSSR count). The summed E-state index contributed by atoms with van der Waals surface area (Å²) in [6.07, 6.45) is -0.409. The number of carbonyl (C=O) groups excluding carboxylic acids is 1. The second-order valence-corrected chi connectivity index (χ2v) is 3.73. The van der Waals surface area contributed by atoms with Crippen molar-refractivity contribution in [1.82, 2.24) is 10.6 Å². The molecule has 1 unspecified atom stereocenters. The minimum absolute atomic E-state index is 0.0599. The van der Waals surface area contributed by atoms with Crippen molar-refractivity contribution >= 4 is 5.91 Å². The molecule has 90 valence electrons. The average Bonchev–Trinajstić information content (AvgIpc) is 2.16. The Labute approximate surface area is 91.5 Å². The predicted octanol–water partition coefficient (Wildman–Crippen LogP) is 0.108. The third-order valence-electron chi connectivity index (χ3n) is 1.93. The molecule has 0 aliphatic carbocycles. The van der Waals surface area contributed by atoms with Gasteiger partial charge in [0.2, 0.25) is 5.91 Å². The molecule has 0 aliphatic heterocycles. The van der Waals surface area contributed by atoms with Crippen molar-refractivity contribution in [1.29, 1.82) is 0 Å². The summed E-state index contributed by atoms with van der Waals surface area (Å²) in [4.78, 5) is 11.4. The highest BCUT2D eigenvalue weighted by Crippen LogP contribution is 1.97. The summed E-state index contributed by atoms with van der Waals surface area (Å²) in [5.41, 5.74) is 0. The van der Waals surface area contributed by atoms with Crippen LogP contribution in [0.4, 0.5) is 0 Å². The molecule has 5 heteroatoms.